The molecule has 1 aliphatic carbocycles. The van der Waals surface area contributed by atoms with Gasteiger partial charge in [0.25, 0.3) is 5.69 Å². The van der Waals surface area contributed by atoms with Gasteiger partial charge >= 0.3 is 19.1 Å². The van der Waals surface area contributed by atoms with Crippen molar-refractivity contribution in [3.8, 4) is 0 Å². The normalized spacial score (nSPS) is 19.0. The number of rotatable bonds is 4. The number of nitrogens with zero attached hydrogens (tertiary/aromatic N) is 2. The van der Waals surface area contributed by atoms with Crippen molar-refractivity contribution in [2.24, 2.45) is 4.99 Å². The maximum absolute atomic E-state index is 11.5. The molecule has 1 saturated carbocycles. The average molecular weight is 355 g/mol. The largest absolute Gasteiger partial charge is 0.413 e. The van der Waals surface area contributed by atoms with Gasteiger partial charge in [-0.15, -0.1) is 0 Å². The number of benzene rings is 1. The summed E-state index contributed by atoms with van der Waals surface area (Å²) in [5.74, 6) is 0. The Balaban J connectivity index is 2.05. The van der Waals surface area contributed by atoms with E-state index in [-0.39, 0.29) is 35.2 Å². The molecule has 12 heteroatoms. The molecule has 1 aromatic carbocycles. The third kappa shape index (κ3) is 3.10. The molecule has 0 unspecified atom stereocenters. The zero-order chi connectivity index (χ0) is 17.6. The second-order valence-electron chi connectivity index (χ2n) is 5.34. The highest BCUT2D eigenvalue weighted by molar-refractivity contribution is 7.61. The highest BCUT2D eigenvalue weighted by Gasteiger charge is 2.57. The molecule has 126 valence electrons. The lowest BCUT2D eigenvalue weighted by Gasteiger charge is -2.04. The number of hydrogen-bond donors (Lipinski definition) is 5. The molecule has 3 rings (SSSR count). The van der Waals surface area contributed by atoms with Gasteiger partial charge in [0, 0.05) is 24.1 Å². The zero-order valence-electron chi connectivity index (χ0n) is 12.0. The van der Waals surface area contributed by atoms with Gasteiger partial charge in [0.15, 0.2) is 5.66 Å². The molecule has 5 N–H and O–H groups in total. The van der Waals surface area contributed by atoms with E-state index in [1.165, 1.54) is 6.07 Å². The molecule has 0 radical (unpaired) electrons. The second-order valence-corrected chi connectivity index (χ2v) is 7.19. The molecule has 1 atom stereocenters. The lowest BCUT2D eigenvalue weighted by molar-refractivity contribution is -0.384. The third-order valence-corrected chi connectivity index (χ3v) is 4.92. The van der Waals surface area contributed by atoms with Gasteiger partial charge in [-0.2, -0.15) is 14.7 Å². The van der Waals surface area contributed by atoms with Gasteiger partial charge in [0.2, 0.25) is 0 Å². The van der Waals surface area contributed by atoms with Gasteiger partial charge in [-0.25, -0.2) is 0 Å². The predicted octanol–water partition coefficient (Wildman–Crippen LogP) is -0.423. The van der Waals surface area contributed by atoms with Crippen LogP contribution in [0.5, 0.6) is 0 Å². The monoisotopic (exact) mass is 355 g/mol. The van der Waals surface area contributed by atoms with Gasteiger partial charge < -0.3 is 9.97 Å². The first kappa shape index (κ1) is 16.4. The summed E-state index contributed by atoms with van der Waals surface area (Å²) in [6.07, 6.45) is 0.220. The minimum atomic E-state index is -3.99. The van der Waals surface area contributed by atoms with Crippen LogP contribution in [-0.2, 0) is 6.54 Å². The summed E-state index contributed by atoms with van der Waals surface area (Å²) in [6, 6.07) is 2.33. The van der Waals surface area contributed by atoms with Crippen LogP contribution in [0.3, 0.4) is 0 Å². The van der Waals surface area contributed by atoms with E-state index < -0.39 is 29.6 Å². The van der Waals surface area contributed by atoms with Crippen LogP contribution in [0.2, 0.25) is 0 Å². The topological polar surface area (TPSA) is 182 Å². The SMILES string of the molecule is O=c1[nH]c2cc([N+](=O)[O-])cc(CN=C3C[C@H]3[P+](O)(O)O)c2[nH]c1=O. The Morgan fingerprint density at radius 2 is 1.92 bits per heavy atom. The summed E-state index contributed by atoms with van der Waals surface area (Å²) in [4.78, 5) is 69.3. The number of aliphatic imine (C=N–C) groups is 1. The van der Waals surface area contributed by atoms with Gasteiger partial charge in [-0.05, 0) is 0 Å². The molecule has 0 amide bonds. The molecule has 1 aliphatic rings. The van der Waals surface area contributed by atoms with E-state index in [2.05, 4.69) is 15.0 Å². The molecule has 0 aliphatic heterocycles. The minimum Gasteiger partial charge on any atom is -0.316 e. The smallest absolute Gasteiger partial charge is 0.316 e. The fraction of sp³-hybridized carbons (Fsp3) is 0.250. The molecular formula is C12H12N4O7P+. The van der Waals surface area contributed by atoms with Gasteiger partial charge in [-0.1, -0.05) is 0 Å². The van der Waals surface area contributed by atoms with Crippen LogP contribution in [0.4, 0.5) is 5.69 Å². The molecule has 1 heterocycles. The summed E-state index contributed by atoms with van der Waals surface area (Å²) in [5, 5.41) is 11.0. The van der Waals surface area contributed by atoms with E-state index in [9.17, 15) is 19.7 Å². The van der Waals surface area contributed by atoms with Crippen LogP contribution in [0.1, 0.15) is 12.0 Å². The van der Waals surface area contributed by atoms with Crippen molar-refractivity contribution in [1.29, 1.82) is 0 Å². The maximum atomic E-state index is 11.5. The highest BCUT2D eigenvalue weighted by Crippen LogP contribution is 2.59. The number of nitrogens with one attached hydrogen (secondary N) is 2. The molecule has 24 heavy (non-hydrogen) atoms. The fourth-order valence-electron chi connectivity index (χ4n) is 2.33. The maximum Gasteiger partial charge on any atom is 0.413 e. The van der Waals surface area contributed by atoms with Crippen molar-refractivity contribution in [2.45, 2.75) is 18.6 Å². The number of nitro benzene ring substituents is 1. The first-order valence-electron chi connectivity index (χ1n) is 6.70. The van der Waals surface area contributed by atoms with E-state index in [0.717, 1.165) is 6.07 Å². The first-order chi connectivity index (χ1) is 11.2. The summed E-state index contributed by atoms with van der Waals surface area (Å²) < 4.78 is 0. The fourth-order valence-corrected chi connectivity index (χ4v) is 3.24. The molecule has 1 fully saturated rings. The number of aromatic nitrogens is 2. The van der Waals surface area contributed by atoms with E-state index in [1.54, 1.807) is 0 Å². The van der Waals surface area contributed by atoms with Crippen molar-refractivity contribution in [1.82, 2.24) is 9.97 Å². The minimum absolute atomic E-state index is 0.0877. The van der Waals surface area contributed by atoms with Crippen LogP contribution in [-0.4, -0.2) is 40.9 Å². The summed E-state index contributed by atoms with van der Waals surface area (Å²) in [5.41, 5.74) is -1.99. The number of fused-ring (bicyclic) bond motifs is 1. The van der Waals surface area contributed by atoms with E-state index >= 15 is 0 Å². The van der Waals surface area contributed by atoms with E-state index in [0.29, 0.717) is 5.71 Å². The van der Waals surface area contributed by atoms with Crippen molar-refractivity contribution < 1.29 is 19.6 Å². The van der Waals surface area contributed by atoms with Crippen molar-refractivity contribution in [3.05, 3.63) is 48.5 Å². The number of H-pyrrole nitrogens is 2. The van der Waals surface area contributed by atoms with Crippen LogP contribution in [0.25, 0.3) is 11.0 Å². The summed E-state index contributed by atoms with van der Waals surface area (Å²) in [6.45, 7) is -0.0913. The molecular weight excluding hydrogens is 343 g/mol. The number of aromatic amines is 2. The second kappa shape index (κ2) is 5.56. The van der Waals surface area contributed by atoms with Gasteiger partial charge in [0.05, 0.1) is 28.2 Å². The van der Waals surface area contributed by atoms with Crippen LogP contribution in [0, 0.1) is 10.1 Å². The Morgan fingerprint density at radius 1 is 1.25 bits per heavy atom. The Bertz CT molecular complexity index is 988. The zero-order valence-corrected chi connectivity index (χ0v) is 12.9. The number of hydrogen-bond acceptors (Lipinski definition) is 8. The number of nitro groups is 1. The third-order valence-electron chi connectivity index (χ3n) is 3.61. The highest BCUT2D eigenvalue weighted by atomic mass is 31.2. The molecule has 2 aromatic rings. The molecule has 0 saturated heterocycles. The first-order valence-corrected chi connectivity index (χ1v) is 8.42. The average Bonchev–Trinajstić information content (AvgIpc) is 3.25. The molecule has 11 nitrogen and oxygen atoms in total. The van der Waals surface area contributed by atoms with Gasteiger partial charge in [-0.3, -0.25) is 24.7 Å². The Kier molecular flexibility index (Phi) is 3.80. The van der Waals surface area contributed by atoms with E-state index in [4.69, 9.17) is 14.7 Å². The molecule has 1 aromatic heterocycles. The Hall–Kier alpha value is -2.46. The lowest BCUT2D eigenvalue weighted by atomic mass is 10.1. The van der Waals surface area contributed by atoms with Crippen molar-refractivity contribution in [2.75, 3.05) is 0 Å². The molecule has 0 spiro atoms. The number of non-ortho nitro benzene ring substituents is 1. The predicted molar refractivity (Wildman–Crippen MR) is 85.0 cm³/mol. The Morgan fingerprint density at radius 3 is 2.50 bits per heavy atom. The quantitative estimate of drug-likeness (QED) is 0.213. The van der Waals surface area contributed by atoms with Crippen molar-refractivity contribution >= 4 is 30.4 Å². The Labute approximate surface area is 133 Å². The summed E-state index contributed by atoms with van der Waals surface area (Å²) in [7, 11) is -3.99. The van der Waals surface area contributed by atoms with Crippen LogP contribution < -0.4 is 11.1 Å². The molecule has 0 bridgehead atoms. The van der Waals surface area contributed by atoms with Crippen LogP contribution >= 0.6 is 7.94 Å². The van der Waals surface area contributed by atoms with Gasteiger partial charge in [0.1, 0.15) is 0 Å². The lowest BCUT2D eigenvalue weighted by Crippen LogP contribution is -2.29. The van der Waals surface area contributed by atoms with Crippen molar-refractivity contribution in [3.63, 3.8) is 0 Å². The van der Waals surface area contributed by atoms with E-state index in [1.807, 2.05) is 0 Å². The summed E-state index contributed by atoms with van der Waals surface area (Å²) >= 11 is 0. The van der Waals surface area contributed by atoms with Crippen LogP contribution in [0.15, 0.2) is 26.7 Å². The standard InChI is InChI=1S/C12H11N4O7P/c17-11-12(18)15-10-5(1-6(16(19)20)2-8(10)14-11)4-13-7-3-9(7)24(21,22)23/h1-2,9,21-23H,3-4H2,(H-,14,15,17,18)/p+1/t9-/m1/s1.